The van der Waals surface area contributed by atoms with Gasteiger partial charge in [-0.3, -0.25) is 9.97 Å². The van der Waals surface area contributed by atoms with Gasteiger partial charge in [-0.1, -0.05) is 127 Å². The molecule has 3 heterocycles. The Hall–Kier alpha value is -8.34. The summed E-state index contributed by atoms with van der Waals surface area (Å²) in [5, 5.41) is 10.1. The number of rotatable bonds is 7. The maximum absolute atomic E-state index is 4.22. The Morgan fingerprint density at radius 3 is 1.35 bits per heavy atom. The fourth-order valence-electron chi connectivity index (χ4n) is 9.45. The van der Waals surface area contributed by atoms with Gasteiger partial charge in [0.25, 0.3) is 0 Å². The largest absolute Gasteiger partial charge is 0.311 e. The maximum Gasteiger partial charge on any atom is 0.0632 e. The van der Waals surface area contributed by atoms with Crippen LogP contribution in [-0.4, -0.2) is 14.5 Å². The van der Waals surface area contributed by atoms with E-state index in [1.807, 2.05) is 49.1 Å². The van der Waals surface area contributed by atoms with Crippen LogP contribution < -0.4 is 4.90 Å². The van der Waals surface area contributed by atoms with Crippen LogP contribution in [0.1, 0.15) is 0 Å². The Morgan fingerprint density at radius 1 is 0.323 bits per heavy atom. The topological polar surface area (TPSA) is 34.0 Å². The highest BCUT2D eigenvalue weighted by Gasteiger charge is 2.21. The van der Waals surface area contributed by atoms with Crippen molar-refractivity contribution in [2.75, 3.05) is 4.90 Å². The fraction of sp³-hybridized carbons (Fsp3) is 0. The van der Waals surface area contributed by atoms with Crippen molar-refractivity contribution < 1.29 is 0 Å². The van der Waals surface area contributed by atoms with Crippen LogP contribution in [-0.2, 0) is 0 Å². The van der Waals surface area contributed by atoms with Gasteiger partial charge in [-0.25, -0.2) is 0 Å². The first-order valence-corrected chi connectivity index (χ1v) is 21.0. The molecule has 0 saturated carbocycles. The Bertz CT molecular complexity index is 3500. The van der Waals surface area contributed by atoms with Gasteiger partial charge in [0.1, 0.15) is 0 Å². The van der Waals surface area contributed by atoms with Gasteiger partial charge >= 0.3 is 0 Å². The predicted octanol–water partition coefficient (Wildman–Crippen LogP) is 15.5. The molecule has 0 unspecified atom stereocenters. The molecule has 9 aromatic carbocycles. The smallest absolute Gasteiger partial charge is 0.0632 e. The second-order valence-corrected chi connectivity index (χ2v) is 15.8. The summed E-state index contributed by atoms with van der Waals surface area (Å²) in [6.45, 7) is 0. The average Bonchev–Trinajstić information content (AvgIpc) is 3.70. The van der Waals surface area contributed by atoms with Crippen molar-refractivity contribution in [3.63, 3.8) is 0 Å². The van der Waals surface area contributed by atoms with Crippen LogP contribution in [0.2, 0.25) is 0 Å². The molecule has 0 amide bonds. The Morgan fingerprint density at radius 2 is 0.758 bits per heavy atom. The zero-order chi connectivity index (χ0) is 41.0. The Balaban J connectivity index is 1.02. The van der Waals surface area contributed by atoms with Crippen LogP contribution in [0.25, 0.3) is 93.2 Å². The zero-order valence-electron chi connectivity index (χ0n) is 33.7. The number of benzene rings is 9. The van der Waals surface area contributed by atoms with Crippen LogP contribution in [0, 0.1) is 0 Å². The summed E-state index contributed by atoms with van der Waals surface area (Å²) in [7, 11) is 0. The van der Waals surface area contributed by atoms with Crippen molar-refractivity contribution >= 4 is 71.2 Å². The number of aromatic nitrogens is 3. The zero-order valence-corrected chi connectivity index (χ0v) is 33.7. The van der Waals surface area contributed by atoms with Crippen LogP contribution >= 0.6 is 0 Å². The first-order valence-electron chi connectivity index (χ1n) is 21.0. The molecular weight excluding hydrogens is 753 g/mol. The lowest BCUT2D eigenvalue weighted by Gasteiger charge is -2.26. The monoisotopic (exact) mass is 790 g/mol. The molecule has 62 heavy (non-hydrogen) atoms. The molecule has 0 atom stereocenters. The summed E-state index contributed by atoms with van der Waals surface area (Å²) in [5.74, 6) is 0. The van der Waals surface area contributed by atoms with E-state index >= 15 is 0 Å². The highest BCUT2D eigenvalue weighted by molar-refractivity contribution is 6.36. The SMILES string of the molecule is c1ccc(-n2c3cc(-c4ccc(N(c5ccc(-c6ccncc6)cc5)c5ccc(-c6ccncc6)cc5)cc4)ccc3c3c4ccccc4c4ccc5ccccc5c4c32)cc1. The molecule has 0 fully saturated rings. The minimum absolute atomic E-state index is 1.08. The predicted molar refractivity (Wildman–Crippen MR) is 260 cm³/mol. The van der Waals surface area contributed by atoms with Crippen LogP contribution in [0.5, 0.6) is 0 Å². The number of hydrogen-bond acceptors (Lipinski definition) is 3. The molecular formula is C58H38N4. The number of anilines is 3. The van der Waals surface area contributed by atoms with E-state index in [1.165, 1.54) is 54.1 Å². The van der Waals surface area contributed by atoms with Gasteiger partial charge in [-0.15, -0.1) is 0 Å². The average molecular weight is 791 g/mol. The second kappa shape index (κ2) is 14.7. The van der Waals surface area contributed by atoms with Crippen molar-refractivity contribution in [2.45, 2.75) is 0 Å². The standard InChI is InChI=1S/C58H38N4/c1-2-9-46(10-3-1)62-55-38-45(21-29-54(55)57-52-13-7-6-12-51(52)53-28-20-44-8-4-5-11-50(44)56(53)58(57)62)41-18-26-49(27-19-41)61(47-22-14-39(15-23-47)42-30-34-59-35-31-42)48-24-16-40(17-25-48)43-32-36-60-37-33-43/h1-38H. The van der Waals surface area contributed by atoms with Crippen LogP contribution in [0.3, 0.4) is 0 Å². The lowest BCUT2D eigenvalue weighted by Crippen LogP contribution is -2.09. The van der Waals surface area contributed by atoms with Gasteiger partial charge in [-0.2, -0.15) is 0 Å². The van der Waals surface area contributed by atoms with Gasteiger partial charge in [0.15, 0.2) is 0 Å². The molecule has 12 aromatic rings. The molecule has 0 aliphatic heterocycles. The normalized spacial score (nSPS) is 11.5. The van der Waals surface area contributed by atoms with Crippen molar-refractivity contribution in [3.8, 4) is 39.1 Å². The summed E-state index contributed by atoms with van der Waals surface area (Å²) in [4.78, 5) is 10.8. The van der Waals surface area contributed by atoms with Gasteiger partial charge in [-0.05, 0) is 139 Å². The van der Waals surface area contributed by atoms with E-state index in [9.17, 15) is 0 Å². The third-order valence-electron chi connectivity index (χ3n) is 12.4. The minimum atomic E-state index is 1.08. The second-order valence-electron chi connectivity index (χ2n) is 15.8. The lowest BCUT2D eigenvalue weighted by molar-refractivity contribution is 1.19. The van der Waals surface area contributed by atoms with E-state index in [-0.39, 0.29) is 0 Å². The van der Waals surface area contributed by atoms with Crippen molar-refractivity contribution in [1.29, 1.82) is 0 Å². The third kappa shape index (κ3) is 5.92. The summed E-state index contributed by atoms with van der Waals surface area (Å²) >= 11 is 0. The quantitative estimate of drug-likeness (QED) is 0.151. The van der Waals surface area contributed by atoms with E-state index in [0.29, 0.717) is 0 Å². The summed E-state index contributed by atoms with van der Waals surface area (Å²) in [5.41, 5.74) is 13.7. The van der Waals surface area contributed by atoms with Crippen molar-refractivity contribution in [2.24, 2.45) is 0 Å². The summed E-state index contributed by atoms with van der Waals surface area (Å²) in [6.07, 6.45) is 7.36. The molecule has 4 heteroatoms. The number of nitrogens with zero attached hydrogens (tertiary/aromatic N) is 4. The fourth-order valence-corrected chi connectivity index (χ4v) is 9.45. The molecule has 290 valence electrons. The molecule has 0 bridgehead atoms. The molecule has 0 spiro atoms. The minimum Gasteiger partial charge on any atom is -0.311 e. The summed E-state index contributed by atoms with van der Waals surface area (Å²) < 4.78 is 2.50. The third-order valence-corrected chi connectivity index (χ3v) is 12.4. The maximum atomic E-state index is 4.22. The van der Waals surface area contributed by atoms with E-state index in [0.717, 1.165) is 56.1 Å². The van der Waals surface area contributed by atoms with Gasteiger partial charge in [0, 0.05) is 63.7 Å². The molecule has 0 aliphatic rings. The van der Waals surface area contributed by atoms with E-state index in [1.54, 1.807) is 0 Å². The molecule has 0 N–H and O–H groups in total. The van der Waals surface area contributed by atoms with E-state index < -0.39 is 0 Å². The van der Waals surface area contributed by atoms with E-state index in [2.05, 4.69) is 201 Å². The lowest BCUT2D eigenvalue weighted by atomic mass is 9.93. The highest BCUT2D eigenvalue weighted by Crippen LogP contribution is 2.46. The highest BCUT2D eigenvalue weighted by atomic mass is 15.1. The molecule has 0 saturated heterocycles. The number of para-hydroxylation sites is 1. The first kappa shape index (κ1) is 35.6. The van der Waals surface area contributed by atoms with Crippen molar-refractivity contribution in [1.82, 2.24) is 14.5 Å². The van der Waals surface area contributed by atoms with Crippen LogP contribution in [0.15, 0.2) is 231 Å². The van der Waals surface area contributed by atoms with Crippen LogP contribution in [0.4, 0.5) is 17.1 Å². The van der Waals surface area contributed by atoms with Gasteiger partial charge in [0.2, 0.25) is 0 Å². The first-order chi connectivity index (χ1) is 30.8. The van der Waals surface area contributed by atoms with E-state index in [4.69, 9.17) is 0 Å². The molecule has 3 aromatic heterocycles. The molecule has 0 radical (unpaired) electrons. The van der Waals surface area contributed by atoms with Crippen molar-refractivity contribution in [3.05, 3.63) is 231 Å². The number of fused-ring (bicyclic) bond motifs is 10. The number of pyridine rings is 2. The molecule has 12 rings (SSSR count). The Labute approximate surface area is 359 Å². The Kier molecular flexibility index (Phi) is 8.46. The molecule has 0 aliphatic carbocycles. The summed E-state index contributed by atoms with van der Waals surface area (Å²) in [6, 6.07) is 74.9. The van der Waals surface area contributed by atoms with Gasteiger partial charge in [0.05, 0.1) is 11.0 Å². The number of hydrogen-bond donors (Lipinski definition) is 0. The molecule has 4 nitrogen and oxygen atoms in total. The van der Waals surface area contributed by atoms with Gasteiger partial charge < -0.3 is 9.47 Å².